The Bertz CT molecular complexity index is 836. The molecule has 0 unspecified atom stereocenters. The largest absolute Gasteiger partial charge is 0.125 e. The van der Waals surface area contributed by atoms with E-state index in [0.717, 1.165) is 35.1 Å². The minimum absolute atomic E-state index is 0.821. The molecule has 0 bridgehead atoms. The molecule has 0 aliphatic rings. The Labute approximate surface area is 152 Å². The fourth-order valence-corrected chi connectivity index (χ4v) is 2.60. The molecular weight excluding hydrogens is 300 g/mol. The van der Waals surface area contributed by atoms with Crippen molar-refractivity contribution in [2.24, 2.45) is 0 Å². The van der Waals surface area contributed by atoms with Gasteiger partial charge in [-0.25, -0.2) is 0 Å². The van der Waals surface area contributed by atoms with Gasteiger partial charge in [-0.3, -0.25) is 0 Å². The number of hydrogen-bond acceptors (Lipinski definition) is 0. The fourth-order valence-electron chi connectivity index (χ4n) is 2.60. The predicted molar refractivity (Wildman–Crippen MR) is 111 cm³/mol. The van der Waals surface area contributed by atoms with Crippen LogP contribution in [0.4, 0.5) is 0 Å². The Morgan fingerprint density at radius 2 is 1.16 bits per heavy atom. The van der Waals surface area contributed by atoms with E-state index in [-0.39, 0.29) is 0 Å². The first-order valence-electron chi connectivity index (χ1n) is 8.47. The van der Waals surface area contributed by atoms with Gasteiger partial charge in [0.15, 0.2) is 0 Å². The maximum Gasteiger partial charge on any atom is 0.00501 e. The van der Waals surface area contributed by atoms with Crippen LogP contribution in [0.2, 0.25) is 0 Å². The summed E-state index contributed by atoms with van der Waals surface area (Å²) in [6.45, 7) is 19.7. The Kier molecular flexibility index (Phi) is 6.17. The molecule has 0 atom stereocenters. The number of rotatable bonds is 7. The van der Waals surface area contributed by atoms with Gasteiger partial charge in [-0.2, -0.15) is 0 Å². The second kappa shape index (κ2) is 8.33. The lowest BCUT2D eigenvalue weighted by atomic mass is 9.96. The molecule has 0 heterocycles. The summed E-state index contributed by atoms with van der Waals surface area (Å²) in [7, 11) is 0. The lowest BCUT2D eigenvalue weighted by Crippen LogP contribution is -1.91. The van der Waals surface area contributed by atoms with E-state index in [1.807, 2.05) is 13.8 Å². The van der Waals surface area contributed by atoms with Crippen LogP contribution in [0.5, 0.6) is 0 Å². The second-order valence-corrected chi connectivity index (χ2v) is 6.57. The van der Waals surface area contributed by atoms with Crippen molar-refractivity contribution in [1.82, 2.24) is 0 Å². The molecule has 0 aliphatic heterocycles. The van der Waals surface area contributed by atoms with Crippen molar-refractivity contribution < 1.29 is 0 Å². The van der Waals surface area contributed by atoms with Crippen molar-refractivity contribution in [3.05, 3.63) is 114 Å². The molecular formula is C25H26. The molecule has 0 aliphatic carbocycles. The van der Waals surface area contributed by atoms with Gasteiger partial charge in [0.05, 0.1) is 0 Å². The van der Waals surface area contributed by atoms with Gasteiger partial charge in [0.25, 0.3) is 0 Å². The van der Waals surface area contributed by atoms with E-state index in [4.69, 9.17) is 0 Å². The monoisotopic (exact) mass is 326 g/mol. The highest BCUT2D eigenvalue weighted by Crippen LogP contribution is 2.23. The standard InChI is InChI=1S/C25H26/c1-7-23(19(4)5)17-22-10-14-25(15-11-22)24-12-8-21(9-13-24)16-20(6)18(2)3/h8-15H,1-2,4,6,16-17H2,3,5H3. The number of hydrogen-bond donors (Lipinski definition) is 0. The average Bonchev–Trinajstić information content (AvgIpc) is 2.60. The van der Waals surface area contributed by atoms with E-state index < -0.39 is 0 Å². The zero-order valence-electron chi connectivity index (χ0n) is 15.4. The van der Waals surface area contributed by atoms with Crippen molar-refractivity contribution in [3.63, 3.8) is 0 Å². The van der Waals surface area contributed by atoms with E-state index in [2.05, 4.69) is 80.6 Å². The molecule has 2 rings (SSSR count). The van der Waals surface area contributed by atoms with Crippen molar-refractivity contribution in [1.29, 1.82) is 0 Å². The minimum atomic E-state index is 0.821. The molecule has 126 valence electrons. The smallest absolute Gasteiger partial charge is 0.00501 e. The first-order chi connectivity index (χ1) is 11.9. The van der Waals surface area contributed by atoms with Gasteiger partial charge < -0.3 is 0 Å². The topological polar surface area (TPSA) is 0 Å². The lowest BCUT2D eigenvalue weighted by molar-refractivity contribution is 1.15. The Morgan fingerprint density at radius 3 is 1.52 bits per heavy atom. The summed E-state index contributed by atoms with van der Waals surface area (Å²) in [5, 5.41) is 0. The average molecular weight is 326 g/mol. The molecule has 0 N–H and O–H groups in total. The Balaban J connectivity index is 2.12. The molecule has 25 heavy (non-hydrogen) atoms. The van der Waals surface area contributed by atoms with Crippen LogP contribution < -0.4 is 0 Å². The van der Waals surface area contributed by atoms with Gasteiger partial charge in [-0.05, 0) is 53.7 Å². The molecule has 0 fully saturated rings. The second-order valence-electron chi connectivity index (χ2n) is 6.57. The van der Waals surface area contributed by atoms with Gasteiger partial charge in [0, 0.05) is 12.0 Å². The van der Waals surface area contributed by atoms with E-state index in [9.17, 15) is 0 Å². The normalized spacial score (nSPS) is 10.0. The van der Waals surface area contributed by atoms with E-state index in [1.165, 1.54) is 22.3 Å². The number of benzene rings is 2. The summed E-state index contributed by atoms with van der Waals surface area (Å²) in [5.74, 6) is 0. The van der Waals surface area contributed by atoms with Crippen molar-refractivity contribution in [2.45, 2.75) is 26.7 Å². The van der Waals surface area contributed by atoms with E-state index in [0.29, 0.717) is 0 Å². The summed E-state index contributed by atoms with van der Waals surface area (Å²) >= 11 is 0. The van der Waals surface area contributed by atoms with Crippen LogP contribution in [-0.4, -0.2) is 0 Å². The first-order valence-corrected chi connectivity index (χ1v) is 8.47. The molecule has 0 radical (unpaired) electrons. The van der Waals surface area contributed by atoms with Gasteiger partial charge in [-0.15, -0.1) is 5.73 Å². The Hall–Kier alpha value is -2.82. The first kappa shape index (κ1) is 18.5. The van der Waals surface area contributed by atoms with Crippen LogP contribution in [0.25, 0.3) is 11.1 Å². The quantitative estimate of drug-likeness (QED) is 0.385. The molecule has 0 heteroatoms. The zero-order chi connectivity index (χ0) is 18.4. The van der Waals surface area contributed by atoms with Crippen LogP contribution in [0, 0.1) is 0 Å². The van der Waals surface area contributed by atoms with Crippen molar-refractivity contribution in [3.8, 4) is 11.1 Å². The van der Waals surface area contributed by atoms with Crippen molar-refractivity contribution >= 4 is 0 Å². The summed E-state index contributed by atoms with van der Waals surface area (Å²) in [6.07, 6.45) is 1.67. The minimum Gasteiger partial charge on any atom is -0.125 e. The highest BCUT2D eigenvalue weighted by Gasteiger charge is 2.03. The molecule has 2 aromatic rings. The third-order valence-corrected chi connectivity index (χ3v) is 4.37. The summed E-state index contributed by atoms with van der Waals surface area (Å²) in [5.41, 5.74) is 12.1. The van der Waals surface area contributed by atoms with E-state index >= 15 is 0 Å². The van der Waals surface area contributed by atoms with Gasteiger partial charge in [0.1, 0.15) is 0 Å². The molecule has 0 amide bonds. The zero-order valence-corrected chi connectivity index (χ0v) is 15.4. The SMILES string of the molecule is C=C=C(Cc1ccc(-c2ccc(CC(=C)C(=C)C)cc2)cc1)C(=C)C. The molecule has 0 aromatic heterocycles. The predicted octanol–water partition coefficient (Wildman–Crippen LogP) is 6.86. The summed E-state index contributed by atoms with van der Waals surface area (Å²) < 4.78 is 0. The fraction of sp³-hybridized carbons (Fsp3) is 0.160. The molecule has 0 saturated carbocycles. The van der Waals surface area contributed by atoms with Crippen LogP contribution in [0.1, 0.15) is 25.0 Å². The number of allylic oxidation sites excluding steroid dienone is 4. The van der Waals surface area contributed by atoms with Crippen LogP contribution >= 0.6 is 0 Å². The van der Waals surface area contributed by atoms with Crippen LogP contribution in [0.3, 0.4) is 0 Å². The summed E-state index contributed by atoms with van der Waals surface area (Å²) in [6, 6.07) is 17.3. The molecule has 0 saturated heterocycles. The van der Waals surface area contributed by atoms with Gasteiger partial charge in [0.2, 0.25) is 0 Å². The molecule has 2 aromatic carbocycles. The van der Waals surface area contributed by atoms with Gasteiger partial charge in [-0.1, -0.05) is 80.4 Å². The lowest BCUT2D eigenvalue weighted by Gasteiger charge is -2.08. The summed E-state index contributed by atoms with van der Waals surface area (Å²) in [4.78, 5) is 0. The Morgan fingerprint density at radius 1 is 0.720 bits per heavy atom. The highest BCUT2D eigenvalue weighted by atomic mass is 14.1. The van der Waals surface area contributed by atoms with Crippen LogP contribution in [-0.2, 0) is 12.8 Å². The third kappa shape index (κ3) is 5.08. The maximum absolute atomic E-state index is 4.07. The molecule has 0 spiro atoms. The third-order valence-electron chi connectivity index (χ3n) is 4.37. The van der Waals surface area contributed by atoms with Crippen molar-refractivity contribution in [2.75, 3.05) is 0 Å². The van der Waals surface area contributed by atoms with E-state index in [1.54, 1.807) is 0 Å². The molecule has 0 nitrogen and oxygen atoms in total. The highest BCUT2D eigenvalue weighted by molar-refractivity contribution is 5.64. The van der Waals surface area contributed by atoms with Gasteiger partial charge >= 0.3 is 0 Å². The maximum atomic E-state index is 4.07. The van der Waals surface area contributed by atoms with Crippen LogP contribution in [0.15, 0.2) is 103 Å².